The number of carbonyl (C=O) groups excluding carboxylic acids is 2. The predicted octanol–water partition coefficient (Wildman–Crippen LogP) is 2.99. The molecule has 3 atom stereocenters. The lowest BCUT2D eigenvalue weighted by Gasteiger charge is -2.44. The monoisotopic (exact) mass is 461 g/mol. The molecule has 0 aromatic heterocycles. The zero-order valence-electron chi connectivity index (χ0n) is 19.4. The SMILES string of the molecule is O=C(CN1CCOCC1)N1CCC(C2=CC(C(=O)N3CCCC4CCCCC43)CS2)CC1. The Balaban J connectivity index is 1.12. The molecule has 5 aliphatic rings. The normalized spacial score (nSPS) is 32.5. The second kappa shape index (κ2) is 10.5. The van der Waals surface area contributed by atoms with Gasteiger partial charge in [-0.05, 0) is 55.3 Å². The lowest BCUT2D eigenvalue weighted by atomic mass is 9.78. The van der Waals surface area contributed by atoms with Crippen molar-refractivity contribution in [3.05, 3.63) is 11.0 Å². The van der Waals surface area contributed by atoms with E-state index in [9.17, 15) is 9.59 Å². The van der Waals surface area contributed by atoms with Crippen molar-refractivity contribution < 1.29 is 14.3 Å². The summed E-state index contributed by atoms with van der Waals surface area (Å²) in [6.45, 7) is 6.38. The highest BCUT2D eigenvalue weighted by Crippen LogP contribution is 2.41. The molecular weight excluding hydrogens is 422 g/mol. The van der Waals surface area contributed by atoms with Gasteiger partial charge in [-0.3, -0.25) is 14.5 Å². The number of nitrogens with zero attached hydrogens (tertiary/aromatic N) is 3. The molecule has 178 valence electrons. The largest absolute Gasteiger partial charge is 0.379 e. The van der Waals surface area contributed by atoms with Gasteiger partial charge in [0.2, 0.25) is 11.8 Å². The summed E-state index contributed by atoms with van der Waals surface area (Å²) in [5, 5.41) is 0. The van der Waals surface area contributed by atoms with E-state index in [1.165, 1.54) is 43.4 Å². The predicted molar refractivity (Wildman–Crippen MR) is 127 cm³/mol. The molecule has 1 aliphatic carbocycles. The number of likely N-dealkylation sites (tertiary alicyclic amines) is 2. The first-order valence-corrected chi connectivity index (χ1v) is 13.9. The molecule has 6 nitrogen and oxygen atoms in total. The van der Waals surface area contributed by atoms with Crippen LogP contribution in [0.4, 0.5) is 0 Å². The van der Waals surface area contributed by atoms with Gasteiger partial charge >= 0.3 is 0 Å². The van der Waals surface area contributed by atoms with E-state index in [4.69, 9.17) is 4.74 Å². The van der Waals surface area contributed by atoms with Crippen LogP contribution in [0, 0.1) is 17.8 Å². The van der Waals surface area contributed by atoms with E-state index in [-0.39, 0.29) is 11.8 Å². The van der Waals surface area contributed by atoms with Crippen LogP contribution in [0.1, 0.15) is 51.4 Å². The van der Waals surface area contributed by atoms with E-state index >= 15 is 0 Å². The van der Waals surface area contributed by atoms with Crippen molar-refractivity contribution in [1.29, 1.82) is 0 Å². The highest BCUT2D eigenvalue weighted by Gasteiger charge is 2.39. The first-order valence-electron chi connectivity index (χ1n) is 12.9. The Bertz CT molecular complexity index is 713. The third-order valence-corrected chi connectivity index (χ3v) is 9.68. The number of morpholine rings is 1. The molecule has 0 spiro atoms. The average molecular weight is 462 g/mol. The van der Waals surface area contributed by atoms with Crippen LogP contribution in [0.15, 0.2) is 11.0 Å². The molecule has 7 heteroatoms. The van der Waals surface area contributed by atoms with E-state index in [1.54, 1.807) is 0 Å². The van der Waals surface area contributed by atoms with Crippen molar-refractivity contribution in [2.45, 2.75) is 57.4 Å². The summed E-state index contributed by atoms with van der Waals surface area (Å²) in [4.78, 5) is 34.1. The van der Waals surface area contributed by atoms with Crippen LogP contribution >= 0.6 is 11.8 Å². The quantitative estimate of drug-likeness (QED) is 0.644. The van der Waals surface area contributed by atoms with Crippen LogP contribution in [-0.4, -0.2) is 90.8 Å². The van der Waals surface area contributed by atoms with Crippen molar-refractivity contribution in [2.24, 2.45) is 17.8 Å². The third-order valence-electron chi connectivity index (χ3n) is 8.35. The van der Waals surface area contributed by atoms with E-state index in [0.29, 0.717) is 24.4 Å². The van der Waals surface area contributed by atoms with Gasteiger partial charge in [-0.25, -0.2) is 0 Å². The van der Waals surface area contributed by atoms with E-state index in [1.807, 2.05) is 16.7 Å². The third kappa shape index (κ3) is 5.05. The maximum absolute atomic E-state index is 13.4. The number of piperidine rings is 2. The number of fused-ring (bicyclic) bond motifs is 1. The van der Waals surface area contributed by atoms with Gasteiger partial charge < -0.3 is 14.5 Å². The van der Waals surface area contributed by atoms with Crippen LogP contribution in [0.25, 0.3) is 0 Å². The van der Waals surface area contributed by atoms with E-state index in [2.05, 4.69) is 15.9 Å². The fraction of sp³-hybridized carbons (Fsp3) is 0.840. The molecule has 0 N–H and O–H groups in total. The highest BCUT2D eigenvalue weighted by molar-refractivity contribution is 8.03. The minimum Gasteiger partial charge on any atom is -0.379 e. The molecule has 4 heterocycles. The maximum atomic E-state index is 13.4. The van der Waals surface area contributed by atoms with Gasteiger partial charge in [-0.15, -0.1) is 11.8 Å². The Labute approximate surface area is 197 Å². The van der Waals surface area contributed by atoms with Crippen LogP contribution in [0.5, 0.6) is 0 Å². The number of thioether (sulfide) groups is 1. The molecular formula is C25H39N3O3S. The Morgan fingerprint density at radius 3 is 2.50 bits per heavy atom. The topological polar surface area (TPSA) is 53.1 Å². The summed E-state index contributed by atoms with van der Waals surface area (Å²) < 4.78 is 5.39. The lowest BCUT2D eigenvalue weighted by molar-refractivity contribution is -0.139. The Kier molecular flexibility index (Phi) is 7.44. The smallest absolute Gasteiger partial charge is 0.236 e. The molecule has 4 aliphatic heterocycles. The van der Waals surface area contributed by atoms with Crippen molar-refractivity contribution >= 4 is 23.6 Å². The van der Waals surface area contributed by atoms with Gasteiger partial charge in [0, 0.05) is 44.5 Å². The van der Waals surface area contributed by atoms with Gasteiger partial charge in [0.05, 0.1) is 25.7 Å². The molecule has 0 aromatic carbocycles. The molecule has 2 amide bonds. The van der Waals surface area contributed by atoms with Crippen molar-refractivity contribution in [1.82, 2.24) is 14.7 Å². The Hall–Kier alpha value is -1.05. The van der Waals surface area contributed by atoms with Gasteiger partial charge in [0.15, 0.2) is 0 Å². The fourth-order valence-corrected chi connectivity index (χ4v) is 7.80. The number of ether oxygens (including phenoxy) is 1. The number of allylic oxidation sites excluding steroid dienone is 1. The molecule has 3 unspecified atom stereocenters. The minimum atomic E-state index is 0.0664. The molecule has 3 saturated heterocycles. The molecule has 4 fully saturated rings. The number of hydrogen-bond donors (Lipinski definition) is 0. The summed E-state index contributed by atoms with van der Waals surface area (Å²) in [6.07, 6.45) is 12.0. The van der Waals surface area contributed by atoms with Crippen molar-refractivity contribution in [3.8, 4) is 0 Å². The number of amides is 2. The van der Waals surface area contributed by atoms with Crippen LogP contribution in [-0.2, 0) is 14.3 Å². The van der Waals surface area contributed by atoms with Gasteiger partial charge in [0.25, 0.3) is 0 Å². The number of carbonyl (C=O) groups is 2. The Morgan fingerprint density at radius 1 is 0.938 bits per heavy atom. The van der Waals surface area contributed by atoms with E-state index < -0.39 is 0 Å². The first-order chi connectivity index (χ1) is 15.7. The maximum Gasteiger partial charge on any atom is 0.236 e. The van der Waals surface area contributed by atoms with E-state index in [0.717, 1.165) is 70.4 Å². The van der Waals surface area contributed by atoms with Crippen LogP contribution in [0.3, 0.4) is 0 Å². The highest BCUT2D eigenvalue weighted by atomic mass is 32.2. The lowest BCUT2D eigenvalue weighted by Crippen LogP contribution is -2.51. The molecule has 0 radical (unpaired) electrons. The van der Waals surface area contributed by atoms with Crippen LogP contribution < -0.4 is 0 Å². The first kappa shape index (κ1) is 22.7. The summed E-state index contributed by atoms with van der Waals surface area (Å²) in [7, 11) is 0. The van der Waals surface area contributed by atoms with Crippen molar-refractivity contribution in [2.75, 3.05) is 58.2 Å². The molecule has 0 bridgehead atoms. The molecule has 32 heavy (non-hydrogen) atoms. The van der Waals surface area contributed by atoms with Gasteiger partial charge in [-0.2, -0.15) is 0 Å². The summed E-state index contributed by atoms with van der Waals surface area (Å²) in [5.74, 6) is 2.91. The standard InChI is InChI=1S/C25H39N3O3S/c29-24(17-26-12-14-31-15-13-26)27-10-7-20(8-11-27)23-16-21(18-32-23)25(30)28-9-3-5-19-4-1-2-6-22(19)28/h16,19-22H,1-15,17-18H2. The number of hydrogen-bond acceptors (Lipinski definition) is 5. The van der Waals surface area contributed by atoms with Crippen LogP contribution in [0.2, 0.25) is 0 Å². The zero-order chi connectivity index (χ0) is 21.9. The average Bonchev–Trinajstić information content (AvgIpc) is 3.34. The number of rotatable bonds is 4. The van der Waals surface area contributed by atoms with Gasteiger partial charge in [0.1, 0.15) is 0 Å². The zero-order valence-corrected chi connectivity index (χ0v) is 20.2. The molecule has 1 saturated carbocycles. The second-order valence-electron chi connectivity index (χ2n) is 10.3. The van der Waals surface area contributed by atoms with Gasteiger partial charge in [-0.1, -0.05) is 18.9 Å². The molecule has 5 rings (SSSR count). The second-order valence-corrected chi connectivity index (χ2v) is 11.4. The fourth-order valence-electron chi connectivity index (χ4n) is 6.45. The Morgan fingerprint density at radius 2 is 1.69 bits per heavy atom. The summed E-state index contributed by atoms with van der Waals surface area (Å²) >= 11 is 1.90. The summed E-state index contributed by atoms with van der Waals surface area (Å²) in [6, 6.07) is 0.508. The van der Waals surface area contributed by atoms with Crippen molar-refractivity contribution in [3.63, 3.8) is 0 Å². The minimum absolute atomic E-state index is 0.0664. The molecule has 0 aromatic rings. The summed E-state index contributed by atoms with van der Waals surface area (Å²) in [5.41, 5.74) is 0.